The van der Waals surface area contributed by atoms with Crippen LogP contribution in [0.5, 0.6) is 5.75 Å². The molecule has 2 unspecified atom stereocenters. The van der Waals surface area contributed by atoms with Crippen LogP contribution in [0, 0.1) is 11.8 Å². The lowest BCUT2D eigenvalue weighted by Gasteiger charge is -2.31. The van der Waals surface area contributed by atoms with Gasteiger partial charge >= 0.3 is 0 Å². The molecule has 1 saturated heterocycles. The number of benzene rings is 1. The van der Waals surface area contributed by atoms with Gasteiger partial charge in [-0.25, -0.2) is 4.98 Å². The second-order valence-corrected chi connectivity index (χ2v) is 7.85. The Morgan fingerprint density at radius 3 is 2.36 bits per heavy atom. The molecule has 1 fully saturated rings. The first-order valence-corrected chi connectivity index (χ1v) is 9.75. The Hall–Kier alpha value is -2.66. The predicted octanol–water partition coefficient (Wildman–Crippen LogP) is 4.44. The van der Waals surface area contributed by atoms with Crippen molar-refractivity contribution in [1.29, 1.82) is 0 Å². The van der Waals surface area contributed by atoms with E-state index < -0.39 is 0 Å². The number of methoxy groups -OCH3 is 1. The molecule has 0 spiro atoms. The number of fused-ring (bicyclic) bond motifs is 1. The fraction of sp³-hybridized carbons (Fsp3) is 0.391. The van der Waals surface area contributed by atoms with Crippen molar-refractivity contribution in [2.75, 3.05) is 27.2 Å². The van der Waals surface area contributed by atoms with Gasteiger partial charge in [0.2, 0.25) is 0 Å². The number of aromatic nitrogens is 2. The van der Waals surface area contributed by atoms with Gasteiger partial charge in [0, 0.05) is 42.1 Å². The van der Waals surface area contributed by atoms with Crippen molar-refractivity contribution < 1.29 is 9.53 Å². The zero-order valence-electron chi connectivity index (χ0n) is 17.1. The van der Waals surface area contributed by atoms with Crippen LogP contribution in [0.4, 0.5) is 0 Å². The monoisotopic (exact) mass is 379 g/mol. The summed E-state index contributed by atoms with van der Waals surface area (Å²) in [7, 11) is 3.86. The maximum Gasteiger partial charge on any atom is 0.151 e. The van der Waals surface area contributed by atoms with Crippen molar-refractivity contribution >= 4 is 17.3 Å². The van der Waals surface area contributed by atoms with Gasteiger partial charge in [-0.15, -0.1) is 0 Å². The van der Waals surface area contributed by atoms with Crippen LogP contribution in [-0.4, -0.2) is 48.0 Å². The largest absolute Gasteiger partial charge is 0.497 e. The van der Waals surface area contributed by atoms with Crippen molar-refractivity contribution in [3.05, 3.63) is 54.4 Å². The van der Waals surface area contributed by atoms with Crippen LogP contribution in [0.3, 0.4) is 0 Å². The molecule has 2 atom stereocenters. The Morgan fingerprint density at radius 2 is 1.79 bits per heavy atom. The van der Waals surface area contributed by atoms with Gasteiger partial charge in [0.25, 0.3) is 0 Å². The predicted molar refractivity (Wildman–Crippen MR) is 113 cm³/mol. The number of hydrogen-bond donors (Lipinski definition) is 0. The third-order valence-corrected chi connectivity index (χ3v) is 5.09. The molecule has 0 N–H and O–H groups in total. The number of aldehydes is 1. The Bertz CT molecular complexity index is 892. The van der Waals surface area contributed by atoms with Crippen LogP contribution < -0.4 is 4.74 Å². The highest BCUT2D eigenvalue weighted by molar-refractivity contribution is 5.85. The van der Waals surface area contributed by atoms with E-state index in [4.69, 9.17) is 4.74 Å². The maximum atomic E-state index is 10.7. The third kappa shape index (κ3) is 4.78. The van der Waals surface area contributed by atoms with E-state index in [0.717, 1.165) is 40.6 Å². The lowest BCUT2D eigenvalue weighted by Crippen LogP contribution is -2.35. The normalized spacial score (nSPS) is 19.7. The topological polar surface area (TPSA) is 47.4 Å². The molecule has 0 aliphatic carbocycles. The third-order valence-electron chi connectivity index (χ3n) is 5.09. The Kier molecular flexibility index (Phi) is 6.47. The second-order valence-electron chi connectivity index (χ2n) is 7.85. The highest BCUT2D eigenvalue weighted by Crippen LogP contribution is 2.21. The number of piperidine rings is 1. The molecule has 3 heterocycles. The highest BCUT2D eigenvalue weighted by Gasteiger charge is 2.18. The van der Waals surface area contributed by atoms with Gasteiger partial charge in [0.1, 0.15) is 11.4 Å². The highest BCUT2D eigenvalue weighted by atomic mass is 16.5. The molecule has 0 radical (unpaired) electrons. The minimum Gasteiger partial charge on any atom is -0.497 e. The molecule has 5 heteroatoms. The molecule has 0 amide bonds. The van der Waals surface area contributed by atoms with E-state index in [1.807, 2.05) is 47.2 Å². The summed E-state index contributed by atoms with van der Waals surface area (Å²) in [5.41, 5.74) is 2.41. The number of likely N-dealkylation sites (tertiary alicyclic amines) is 1. The minimum atomic E-state index is 0.583. The first-order chi connectivity index (χ1) is 13.5. The summed E-state index contributed by atoms with van der Waals surface area (Å²) in [6.07, 6.45) is 5.74. The van der Waals surface area contributed by atoms with Crippen molar-refractivity contribution in [1.82, 2.24) is 14.5 Å². The van der Waals surface area contributed by atoms with Gasteiger partial charge in [-0.05, 0) is 61.7 Å². The van der Waals surface area contributed by atoms with E-state index in [9.17, 15) is 4.79 Å². The fourth-order valence-corrected chi connectivity index (χ4v) is 4.03. The van der Waals surface area contributed by atoms with Gasteiger partial charge in [0.05, 0.1) is 7.11 Å². The Balaban J connectivity index is 0.000000211. The van der Waals surface area contributed by atoms with Crippen molar-refractivity contribution in [2.24, 2.45) is 11.8 Å². The summed E-state index contributed by atoms with van der Waals surface area (Å²) in [5, 5.41) is 0.945. The van der Waals surface area contributed by atoms with Gasteiger partial charge in [-0.1, -0.05) is 13.8 Å². The number of pyridine rings is 1. The standard InChI is InChI=1S/C15H12N2O2.C8H17N/c1-19-14-4-2-13(3-5-14)17-7-6-12-8-11(10-18)9-16-15(12)17;1-7-4-8(2)6-9(3)5-7/h2-10H,1H3;7-8H,4-6H2,1-3H3. The molecule has 2 aromatic heterocycles. The van der Waals surface area contributed by atoms with E-state index in [1.54, 1.807) is 13.3 Å². The number of hydrogen-bond acceptors (Lipinski definition) is 4. The molecular formula is C23H29N3O2. The van der Waals surface area contributed by atoms with Gasteiger partial charge in [0.15, 0.2) is 6.29 Å². The molecule has 1 aromatic carbocycles. The Morgan fingerprint density at radius 1 is 1.11 bits per heavy atom. The molecular weight excluding hydrogens is 350 g/mol. The summed E-state index contributed by atoms with van der Waals surface area (Å²) in [4.78, 5) is 17.5. The summed E-state index contributed by atoms with van der Waals surface area (Å²) in [5.74, 6) is 2.65. The zero-order valence-corrected chi connectivity index (χ0v) is 17.1. The lowest BCUT2D eigenvalue weighted by molar-refractivity contribution is 0.112. The average Bonchev–Trinajstić information content (AvgIpc) is 3.10. The number of carbonyl (C=O) groups is 1. The van der Waals surface area contributed by atoms with Crippen LogP contribution >= 0.6 is 0 Å². The number of rotatable bonds is 3. The molecule has 0 saturated carbocycles. The van der Waals surface area contributed by atoms with E-state index in [0.29, 0.717) is 5.56 Å². The zero-order chi connectivity index (χ0) is 20.1. The SMILES string of the molecule is CC1CC(C)CN(C)C1.COc1ccc(-n2ccc3cc(C=O)cnc32)cc1. The minimum absolute atomic E-state index is 0.583. The van der Waals surface area contributed by atoms with Crippen LogP contribution in [0.15, 0.2) is 48.8 Å². The molecule has 5 nitrogen and oxygen atoms in total. The molecule has 1 aliphatic rings. The van der Waals surface area contributed by atoms with Gasteiger partial charge in [-0.3, -0.25) is 4.79 Å². The summed E-state index contributed by atoms with van der Waals surface area (Å²) in [6, 6.07) is 11.5. The van der Waals surface area contributed by atoms with Gasteiger partial charge in [-0.2, -0.15) is 0 Å². The smallest absolute Gasteiger partial charge is 0.151 e. The van der Waals surface area contributed by atoms with E-state index >= 15 is 0 Å². The summed E-state index contributed by atoms with van der Waals surface area (Å²) >= 11 is 0. The molecule has 28 heavy (non-hydrogen) atoms. The maximum absolute atomic E-state index is 10.7. The summed E-state index contributed by atoms with van der Waals surface area (Å²) < 4.78 is 7.12. The van der Waals surface area contributed by atoms with Crippen LogP contribution in [-0.2, 0) is 0 Å². The van der Waals surface area contributed by atoms with Crippen molar-refractivity contribution in [2.45, 2.75) is 20.3 Å². The van der Waals surface area contributed by atoms with E-state index in [-0.39, 0.29) is 0 Å². The van der Waals surface area contributed by atoms with Crippen LogP contribution in [0.25, 0.3) is 16.7 Å². The fourth-order valence-electron chi connectivity index (χ4n) is 4.03. The molecule has 3 aromatic rings. The van der Waals surface area contributed by atoms with E-state index in [2.05, 4.69) is 30.8 Å². The average molecular weight is 380 g/mol. The number of ether oxygens (including phenoxy) is 1. The quantitative estimate of drug-likeness (QED) is 0.631. The first kappa shape index (κ1) is 20.1. The number of carbonyl (C=O) groups excluding carboxylic acids is 1. The van der Waals surface area contributed by atoms with Crippen LogP contribution in [0.1, 0.15) is 30.6 Å². The molecule has 1 aliphatic heterocycles. The molecule has 4 rings (SSSR count). The molecule has 148 valence electrons. The van der Waals surface area contributed by atoms with Crippen LogP contribution in [0.2, 0.25) is 0 Å². The summed E-state index contributed by atoms with van der Waals surface area (Å²) in [6.45, 7) is 7.27. The second kappa shape index (κ2) is 9.02. The lowest BCUT2D eigenvalue weighted by atomic mass is 9.92. The number of nitrogens with zero attached hydrogens (tertiary/aromatic N) is 3. The molecule has 0 bridgehead atoms. The van der Waals surface area contributed by atoms with Crippen molar-refractivity contribution in [3.63, 3.8) is 0 Å². The van der Waals surface area contributed by atoms with E-state index in [1.165, 1.54) is 19.5 Å². The van der Waals surface area contributed by atoms with Crippen molar-refractivity contribution in [3.8, 4) is 11.4 Å². The van der Waals surface area contributed by atoms with Gasteiger partial charge < -0.3 is 14.2 Å². The first-order valence-electron chi connectivity index (χ1n) is 9.75. The Labute approximate surface area is 166 Å².